The van der Waals surface area contributed by atoms with E-state index in [1.54, 1.807) is 4.68 Å². The van der Waals surface area contributed by atoms with Crippen LogP contribution in [0.3, 0.4) is 0 Å². The fourth-order valence-corrected chi connectivity index (χ4v) is 2.14. The third-order valence-corrected chi connectivity index (χ3v) is 3.60. The average molecular weight is 297 g/mol. The molecule has 0 atom stereocenters. The number of nitrogens with one attached hydrogen (secondary N) is 1. The number of nitrogens with zero attached hydrogens (tertiary/aromatic N) is 3. The molecular weight excluding hydrogens is 279 g/mol. The molecule has 0 aliphatic carbocycles. The first-order chi connectivity index (χ1) is 9.54. The first-order valence-corrected chi connectivity index (χ1v) is 6.99. The van der Waals surface area contributed by atoms with Crippen molar-refractivity contribution < 1.29 is 4.39 Å². The predicted molar refractivity (Wildman–Crippen MR) is 77.8 cm³/mol. The quantitative estimate of drug-likeness (QED) is 0.862. The molecule has 20 heavy (non-hydrogen) atoms. The number of aryl methyl sites for hydroxylation is 1. The van der Waals surface area contributed by atoms with Crippen LogP contribution >= 0.6 is 11.6 Å². The lowest BCUT2D eigenvalue weighted by molar-refractivity contribution is 0.606. The number of halogens is 2. The molecule has 0 saturated carbocycles. The smallest absolute Gasteiger partial charge is 0.158 e. The molecule has 0 spiro atoms. The zero-order valence-corrected chi connectivity index (χ0v) is 12.6. The van der Waals surface area contributed by atoms with Gasteiger partial charge in [-0.2, -0.15) is 5.10 Å². The maximum Gasteiger partial charge on any atom is 0.158 e. The number of hydrogen-bond donors (Lipinski definition) is 1. The van der Waals surface area contributed by atoms with Crippen LogP contribution in [0.5, 0.6) is 0 Å². The van der Waals surface area contributed by atoms with Gasteiger partial charge in [0.2, 0.25) is 0 Å². The van der Waals surface area contributed by atoms with Crippen LogP contribution in [0.25, 0.3) is 5.82 Å². The highest BCUT2D eigenvalue weighted by Gasteiger charge is 2.15. The zero-order chi connectivity index (χ0) is 14.7. The standard InChI is InChI=1S/C14H18ClFN4/c1-4-5-17-7-11-6-12(16)8-18-14(11)20-10(3)13(15)9(2)19-20/h6,8,17H,4-5,7H2,1-3H3. The van der Waals surface area contributed by atoms with Crippen LogP contribution in [-0.4, -0.2) is 21.3 Å². The van der Waals surface area contributed by atoms with E-state index < -0.39 is 0 Å². The summed E-state index contributed by atoms with van der Waals surface area (Å²) in [6, 6.07) is 1.48. The molecule has 2 aromatic heterocycles. The van der Waals surface area contributed by atoms with E-state index in [0.717, 1.165) is 29.9 Å². The highest BCUT2D eigenvalue weighted by molar-refractivity contribution is 6.31. The third kappa shape index (κ3) is 2.99. The molecule has 0 unspecified atom stereocenters. The Labute approximate surface area is 123 Å². The van der Waals surface area contributed by atoms with E-state index in [4.69, 9.17) is 11.6 Å². The molecule has 1 N–H and O–H groups in total. The molecule has 0 radical (unpaired) electrons. The summed E-state index contributed by atoms with van der Waals surface area (Å²) < 4.78 is 15.1. The Kier molecular flexibility index (Phi) is 4.73. The lowest BCUT2D eigenvalue weighted by atomic mass is 10.2. The number of pyridine rings is 1. The van der Waals surface area contributed by atoms with Crippen LogP contribution in [0.15, 0.2) is 12.3 Å². The van der Waals surface area contributed by atoms with Crippen molar-refractivity contribution in [1.82, 2.24) is 20.1 Å². The average Bonchev–Trinajstić information content (AvgIpc) is 2.67. The maximum absolute atomic E-state index is 13.4. The van der Waals surface area contributed by atoms with E-state index in [9.17, 15) is 4.39 Å². The number of rotatable bonds is 5. The second-order valence-corrected chi connectivity index (χ2v) is 5.09. The molecule has 2 rings (SSSR count). The zero-order valence-electron chi connectivity index (χ0n) is 11.9. The molecule has 108 valence electrons. The van der Waals surface area contributed by atoms with E-state index in [-0.39, 0.29) is 5.82 Å². The van der Waals surface area contributed by atoms with Gasteiger partial charge in [-0.3, -0.25) is 0 Å². The van der Waals surface area contributed by atoms with E-state index in [2.05, 4.69) is 22.3 Å². The van der Waals surface area contributed by atoms with Gasteiger partial charge in [0.15, 0.2) is 5.82 Å². The van der Waals surface area contributed by atoms with Crippen LogP contribution < -0.4 is 5.32 Å². The topological polar surface area (TPSA) is 42.7 Å². The van der Waals surface area contributed by atoms with Crippen molar-refractivity contribution >= 4 is 11.6 Å². The molecule has 0 aliphatic heterocycles. The fourth-order valence-electron chi connectivity index (χ4n) is 2.02. The Morgan fingerprint density at radius 1 is 1.40 bits per heavy atom. The van der Waals surface area contributed by atoms with Gasteiger partial charge >= 0.3 is 0 Å². The van der Waals surface area contributed by atoms with Gasteiger partial charge in [0.1, 0.15) is 5.82 Å². The lowest BCUT2D eigenvalue weighted by Gasteiger charge is -2.11. The van der Waals surface area contributed by atoms with E-state index in [1.807, 2.05) is 13.8 Å². The minimum Gasteiger partial charge on any atom is -0.313 e. The van der Waals surface area contributed by atoms with Gasteiger partial charge < -0.3 is 5.32 Å². The van der Waals surface area contributed by atoms with Crippen LogP contribution in [0, 0.1) is 19.7 Å². The van der Waals surface area contributed by atoms with E-state index >= 15 is 0 Å². The Bertz CT molecular complexity index is 609. The minimum atomic E-state index is -0.352. The van der Waals surface area contributed by atoms with Crippen molar-refractivity contribution in [3.8, 4) is 5.82 Å². The van der Waals surface area contributed by atoms with E-state index in [0.29, 0.717) is 17.4 Å². The SMILES string of the molecule is CCCNCc1cc(F)cnc1-n1nc(C)c(Cl)c1C. The Morgan fingerprint density at radius 2 is 2.15 bits per heavy atom. The largest absolute Gasteiger partial charge is 0.313 e. The van der Waals surface area contributed by atoms with Crippen LogP contribution in [-0.2, 0) is 6.54 Å². The minimum absolute atomic E-state index is 0.352. The first-order valence-electron chi connectivity index (χ1n) is 6.61. The second kappa shape index (κ2) is 6.33. The highest BCUT2D eigenvalue weighted by atomic mass is 35.5. The Balaban J connectivity index is 2.42. The Hall–Kier alpha value is -1.46. The monoisotopic (exact) mass is 296 g/mol. The summed E-state index contributed by atoms with van der Waals surface area (Å²) in [6.07, 6.45) is 2.22. The fraction of sp³-hybridized carbons (Fsp3) is 0.429. The molecule has 0 fully saturated rings. The number of aromatic nitrogens is 3. The number of hydrogen-bond acceptors (Lipinski definition) is 3. The van der Waals surface area contributed by atoms with Crippen molar-refractivity contribution in [2.75, 3.05) is 6.54 Å². The van der Waals surface area contributed by atoms with Crippen molar-refractivity contribution in [1.29, 1.82) is 0 Å². The molecule has 2 heterocycles. The van der Waals surface area contributed by atoms with Crippen molar-refractivity contribution in [3.05, 3.63) is 40.1 Å². The summed E-state index contributed by atoms with van der Waals surface area (Å²) in [6.45, 7) is 7.21. The van der Waals surface area contributed by atoms with Gasteiger partial charge in [-0.1, -0.05) is 18.5 Å². The van der Waals surface area contributed by atoms with Gasteiger partial charge in [0.25, 0.3) is 0 Å². The normalized spacial score (nSPS) is 11.1. The van der Waals surface area contributed by atoms with Gasteiger partial charge in [0, 0.05) is 12.1 Å². The van der Waals surface area contributed by atoms with Gasteiger partial charge in [-0.25, -0.2) is 14.1 Å². The van der Waals surface area contributed by atoms with Crippen LogP contribution in [0.2, 0.25) is 5.02 Å². The first kappa shape index (κ1) is 14.9. The molecule has 0 saturated heterocycles. The summed E-state index contributed by atoms with van der Waals surface area (Å²) in [5.41, 5.74) is 2.31. The van der Waals surface area contributed by atoms with Crippen LogP contribution in [0.1, 0.15) is 30.3 Å². The summed E-state index contributed by atoms with van der Waals surface area (Å²) in [7, 11) is 0. The second-order valence-electron chi connectivity index (χ2n) is 4.71. The van der Waals surface area contributed by atoms with Gasteiger partial charge in [-0.05, 0) is 32.9 Å². The highest BCUT2D eigenvalue weighted by Crippen LogP contribution is 2.23. The third-order valence-electron chi connectivity index (χ3n) is 3.06. The molecule has 4 nitrogen and oxygen atoms in total. The summed E-state index contributed by atoms with van der Waals surface area (Å²) in [4.78, 5) is 4.17. The predicted octanol–water partition coefficient (Wildman–Crippen LogP) is 3.18. The van der Waals surface area contributed by atoms with E-state index in [1.165, 1.54) is 12.3 Å². The van der Waals surface area contributed by atoms with Gasteiger partial charge in [-0.15, -0.1) is 0 Å². The van der Waals surface area contributed by atoms with Crippen molar-refractivity contribution in [2.45, 2.75) is 33.7 Å². The molecule has 2 aromatic rings. The molecule has 0 bridgehead atoms. The lowest BCUT2D eigenvalue weighted by Crippen LogP contribution is -2.17. The van der Waals surface area contributed by atoms with Crippen molar-refractivity contribution in [3.63, 3.8) is 0 Å². The molecule has 6 heteroatoms. The maximum atomic E-state index is 13.4. The summed E-state index contributed by atoms with van der Waals surface area (Å²) in [5, 5.41) is 8.23. The Morgan fingerprint density at radius 3 is 2.75 bits per heavy atom. The van der Waals surface area contributed by atoms with Crippen LogP contribution in [0.4, 0.5) is 4.39 Å². The molecular formula is C14H18ClFN4. The van der Waals surface area contributed by atoms with Gasteiger partial charge in [0.05, 0.1) is 22.6 Å². The molecule has 0 aromatic carbocycles. The summed E-state index contributed by atoms with van der Waals surface area (Å²) >= 11 is 6.16. The summed E-state index contributed by atoms with van der Waals surface area (Å²) in [5.74, 6) is 0.261. The molecule has 0 amide bonds. The molecule has 0 aliphatic rings. The van der Waals surface area contributed by atoms with Crippen molar-refractivity contribution in [2.24, 2.45) is 0 Å².